The van der Waals surface area contributed by atoms with Crippen LogP contribution in [0, 0.1) is 11.4 Å². The molecule has 2 rings (SSSR count). The lowest BCUT2D eigenvalue weighted by Crippen LogP contribution is -1.86. The van der Waals surface area contributed by atoms with Crippen LogP contribution in [0.25, 0.3) is 11.0 Å². The minimum Gasteiger partial charge on any atom is -0.343 e. The fourth-order valence-corrected chi connectivity index (χ4v) is 1.54. The number of H-pyrrole nitrogens is 1. The number of aryl methyl sites for hydroxylation is 1. The van der Waals surface area contributed by atoms with Crippen molar-refractivity contribution >= 4 is 23.3 Å². The molecule has 12 heavy (non-hydrogen) atoms. The summed E-state index contributed by atoms with van der Waals surface area (Å²) in [5, 5.41) is 1.01. The van der Waals surface area contributed by atoms with Crippen molar-refractivity contribution in [1.82, 2.24) is 9.97 Å². The van der Waals surface area contributed by atoms with E-state index in [1.165, 1.54) is 0 Å². The minimum atomic E-state index is 0.856. The first-order valence-corrected chi connectivity index (χ1v) is 4.13. The lowest BCUT2D eigenvalue weighted by molar-refractivity contribution is 1.20. The van der Waals surface area contributed by atoms with Gasteiger partial charge in [-0.2, -0.15) is 0 Å². The maximum Gasteiger partial charge on any atom is 0.138 e. The van der Waals surface area contributed by atoms with Crippen LogP contribution in [0.15, 0.2) is 24.4 Å². The molecule has 3 heteroatoms. The van der Waals surface area contributed by atoms with Crippen molar-refractivity contribution in [2.75, 3.05) is 0 Å². The van der Waals surface area contributed by atoms with E-state index in [0.29, 0.717) is 0 Å². The average Bonchev–Trinajstić information content (AvgIpc) is 2.04. The van der Waals surface area contributed by atoms with Crippen molar-refractivity contribution in [3.05, 3.63) is 34.6 Å². The lowest BCUT2D eigenvalue weighted by atomic mass is 10.2. The van der Waals surface area contributed by atoms with Crippen molar-refractivity contribution in [3.8, 4) is 0 Å². The van der Waals surface area contributed by atoms with Gasteiger partial charge in [-0.1, -0.05) is 12.2 Å². The second-order valence-corrected chi connectivity index (χ2v) is 3.16. The van der Waals surface area contributed by atoms with Gasteiger partial charge in [0.15, 0.2) is 0 Å². The molecule has 0 atom stereocenters. The first-order chi connectivity index (χ1) is 5.77. The maximum absolute atomic E-state index is 5.18. The smallest absolute Gasteiger partial charge is 0.138 e. The molecule has 0 unspecified atom stereocenters. The standard InChI is InChI=1S/C9H8N2S/c1-6-5-8(12)7-3-2-4-10-9(7)11-6/h2-5H,1H3,(H,10,11,12). The van der Waals surface area contributed by atoms with Crippen molar-refractivity contribution in [3.63, 3.8) is 0 Å². The van der Waals surface area contributed by atoms with Crippen LogP contribution in [0.3, 0.4) is 0 Å². The highest BCUT2D eigenvalue weighted by atomic mass is 32.1. The Bertz CT molecular complexity index is 473. The molecule has 0 spiro atoms. The number of hydrogen-bond acceptors (Lipinski definition) is 2. The monoisotopic (exact) mass is 176 g/mol. The van der Waals surface area contributed by atoms with E-state index < -0.39 is 0 Å². The van der Waals surface area contributed by atoms with E-state index in [1.54, 1.807) is 6.20 Å². The molecule has 0 saturated carbocycles. The summed E-state index contributed by atoms with van der Waals surface area (Å²) in [6.07, 6.45) is 1.76. The summed E-state index contributed by atoms with van der Waals surface area (Å²) in [4.78, 5) is 7.33. The largest absolute Gasteiger partial charge is 0.343 e. The summed E-state index contributed by atoms with van der Waals surface area (Å²) < 4.78 is 0.856. The van der Waals surface area contributed by atoms with E-state index >= 15 is 0 Å². The van der Waals surface area contributed by atoms with Crippen molar-refractivity contribution in [2.45, 2.75) is 6.92 Å². The quantitative estimate of drug-likeness (QED) is 0.625. The Morgan fingerprint density at radius 3 is 3.17 bits per heavy atom. The summed E-state index contributed by atoms with van der Waals surface area (Å²) in [7, 11) is 0. The molecule has 1 N–H and O–H groups in total. The molecule has 0 bridgehead atoms. The zero-order valence-corrected chi connectivity index (χ0v) is 7.48. The number of nitrogens with one attached hydrogen (secondary N) is 1. The molecule has 0 radical (unpaired) electrons. The zero-order chi connectivity index (χ0) is 8.55. The molecule has 2 nitrogen and oxygen atoms in total. The Kier molecular flexibility index (Phi) is 1.66. The second-order valence-electron chi connectivity index (χ2n) is 2.72. The van der Waals surface area contributed by atoms with Crippen LogP contribution in [0.2, 0.25) is 0 Å². The van der Waals surface area contributed by atoms with Crippen LogP contribution in [-0.2, 0) is 0 Å². The van der Waals surface area contributed by atoms with E-state index in [9.17, 15) is 0 Å². The fourth-order valence-electron chi connectivity index (χ4n) is 1.20. The summed E-state index contributed by atoms with van der Waals surface area (Å²) in [5.74, 6) is 0. The first kappa shape index (κ1) is 7.43. The lowest BCUT2D eigenvalue weighted by Gasteiger charge is -1.98. The van der Waals surface area contributed by atoms with Crippen LogP contribution < -0.4 is 0 Å². The number of fused-ring (bicyclic) bond motifs is 1. The number of aromatic amines is 1. The van der Waals surface area contributed by atoms with Gasteiger partial charge in [-0.25, -0.2) is 4.98 Å². The molecule has 0 aliphatic carbocycles. The third-order valence-electron chi connectivity index (χ3n) is 1.74. The van der Waals surface area contributed by atoms with Gasteiger partial charge in [0.25, 0.3) is 0 Å². The van der Waals surface area contributed by atoms with Gasteiger partial charge in [0.1, 0.15) is 5.65 Å². The highest BCUT2D eigenvalue weighted by Crippen LogP contribution is 2.10. The molecule has 60 valence electrons. The summed E-state index contributed by atoms with van der Waals surface area (Å²) >= 11 is 5.18. The Morgan fingerprint density at radius 2 is 2.33 bits per heavy atom. The number of pyridine rings is 2. The third-order valence-corrected chi connectivity index (χ3v) is 2.07. The van der Waals surface area contributed by atoms with Crippen molar-refractivity contribution in [2.24, 2.45) is 0 Å². The van der Waals surface area contributed by atoms with Crippen LogP contribution in [0.1, 0.15) is 5.69 Å². The van der Waals surface area contributed by atoms with E-state index in [1.807, 2.05) is 25.1 Å². The summed E-state index contributed by atoms with van der Waals surface area (Å²) in [6, 6.07) is 5.81. The normalized spacial score (nSPS) is 10.4. The van der Waals surface area contributed by atoms with Crippen LogP contribution in [0.5, 0.6) is 0 Å². The molecule has 0 aromatic carbocycles. The van der Waals surface area contributed by atoms with Gasteiger partial charge in [0, 0.05) is 17.3 Å². The zero-order valence-electron chi connectivity index (χ0n) is 6.66. The predicted octanol–water partition coefficient (Wildman–Crippen LogP) is 2.60. The van der Waals surface area contributed by atoms with Crippen LogP contribution in [-0.4, -0.2) is 9.97 Å². The first-order valence-electron chi connectivity index (χ1n) is 3.72. The summed E-state index contributed by atoms with van der Waals surface area (Å²) in [6.45, 7) is 1.98. The molecule has 0 saturated heterocycles. The topological polar surface area (TPSA) is 28.7 Å². The molecule has 2 aromatic heterocycles. The van der Waals surface area contributed by atoms with Gasteiger partial charge < -0.3 is 4.98 Å². The van der Waals surface area contributed by atoms with E-state index in [4.69, 9.17) is 12.2 Å². The molecule has 0 amide bonds. The molecular weight excluding hydrogens is 168 g/mol. The molecule has 2 heterocycles. The van der Waals surface area contributed by atoms with E-state index in [-0.39, 0.29) is 0 Å². The Labute approximate surface area is 75.3 Å². The van der Waals surface area contributed by atoms with Gasteiger partial charge >= 0.3 is 0 Å². The van der Waals surface area contributed by atoms with E-state index in [2.05, 4.69) is 9.97 Å². The maximum atomic E-state index is 5.18. The molecule has 0 aliphatic heterocycles. The van der Waals surface area contributed by atoms with Crippen molar-refractivity contribution in [1.29, 1.82) is 0 Å². The Morgan fingerprint density at radius 1 is 1.50 bits per heavy atom. The average molecular weight is 176 g/mol. The third kappa shape index (κ3) is 1.12. The van der Waals surface area contributed by atoms with Crippen molar-refractivity contribution < 1.29 is 0 Å². The van der Waals surface area contributed by atoms with Crippen LogP contribution >= 0.6 is 12.2 Å². The Balaban J connectivity index is 2.99. The molecular formula is C9H8N2S. The van der Waals surface area contributed by atoms with Gasteiger partial charge in [-0.3, -0.25) is 0 Å². The minimum absolute atomic E-state index is 0.856. The van der Waals surface area contributed by atoms with Gasteiger partial charge in [-0.15, -0.1) is 0 Å². The SMILES string of the molecule is Cc1cc(=S)c2cccnc2[nH]1. The number of hydrogen-bond donors (Lipinski definition) is 1. The molecule has 0 aliphatic rings. The highest BCUT2D eigenvalue weighted by Gasteiger charge is 1.95. The van der Waals surface area contributed by atoms with Gasteiger partial charge in [0.05, 0.1) is 4.51 Å². The Hall–Kier alpha value is -1.22. The van der Waals surface area contributed by atoms with E-state index in [0.717, 1.165) is 21.2 Å². The van der Waals surface area contributed by atoms with Crippen LogP contribution in [0.4, 0.5) is 0 Å². The number of nitrogens with zero attached hydrogens (tertiary/aromatic N) is 1. The number of rotatable bonds is 0. The number of aromatic nitrogens is 2. The second kappa shape index (κ2) is 2.68. The molecule has 0 fully saturated rings. The summed E-state index contributed by atoms with van der Waals surface area (Å²) in [5.41, 5.74) is 1.91. The fraction of sp³-hybridized carbons (Fsp3) is 0.111. The predicted molar refractivity (Wildman–Crippen MR) is 51.7 cm³/mol. The molecule has 2 aromatic rings. The van der Waals surface area contributed by atoms with Gasteiger partial charge in [0.2, 0.25) is 0 Å². The van der Waals surface area contributed by atoms with Gasteiger partial charge in [-0.05, 0) is 25.1 Å². The highest BCUT2D eigenvalue weighted by molar-refractivity contribution is 7.71.